The van der Waals surface area contributed by atoms with Crippen LogP contribution >= 0.6 is 0 Å². The zero-order valence-electron chi connectivity index (χ0n) is 30.1. The summed E-state index contributed by atoms with van der Waals surface area (Å²) in [5, 5.41) is 9.14. The minimum absolute atomic E-state index is 0.873. The van der Waals surface area contributed by atoms with Crippen LogP contribution in [0.4, 0.5) is 17.1 Å². The first-order valence-corrected chi connectivity index (χ1v) is 18.9. The molecule has 0 N–H and O–H groups in total. The second-order valence-corrected chi connectivity index (χ2v) is 14.5. The van der Waals surface area contributed by atoms with Crippen LogP contribution in [0.3, 0.4) is 0 Å². The molecular weight excluding hydrogens is 687 g/mol. The Morgan fingerprint density at radius 3 is 1.34 bits per heavy atom. The van der Waals surface area contributed by atoms with Crippen LogP contribution < -0.4 is 4.90 Å². The highest BCUT2D eigenvalue weighted by molar-refractivity contribution is 6.19. The maximum Gasteiger partial charge on any atom is 0.136 e. The van der Waals surface area contributed by atoms with E-state index in [1.807, 2.05) is 24.3 Å². The van der Waals surface area contributed by atoms with Crippen molar-refractivity contribution in [2.45, 2.75) is 0 Å². The van der Waals surface area contributed by atoms with Crippen LogP contribution in [0.2, 0.25) is 0 Å². The Labute approximate surface area is 321 Å². The minimum Gasteiger partial charge on any atom is -0.456 e. The van der Waals surface area contributed by atoms with Gasteiger partial charge in [0.2, 0.25) is 0 Å². The molecule has 0 bridgehead atoms. The lowest BCUT2D eigenvalue weighted by Gasteiger charge is -2.26. The Bertz CT molecular complexity index is 3470. The summed E-state index contributed by atoms with van der Waals surface area (Å²) in [7, 11) is 0. The molecule has 262 valence electrons. The minimum atomic E-state index is 0.873. The Hall–Kier alpha value is -7.56. The van der Waals surface area contributed by atoms with E-state index in [0.29, 0.717) is 0 Å². The van der Waals surface area contributed by atoms with E-state index in [0.717, 1.165) is 105 Å². The fourth-order valence-electron chi connectivity index (χ4n) is 8.54. The van der Waals surface area contributed by atoms with Gasteiger partial charge in [-0.15, -0.1) is 0 Å². The summed E-state index contributed by atoms with van der Waals surface area (Å²) in [6, 6.07) is 66.3. The van der Waals surface area contributed by atoms with Crippen molar-refractivity contribution < 1.29 is 13.3 Å². The Morgan fingerprint density at radius 1 is 0.268 bits per heavy atom. The first kappa shape index (κ1) is 30.9. The third kappa shape index (κ3) is 4.79. The monoisotopic (exact) mass is 717 g/mol. The van der Waals surface area contributed by atoms with Crippen LogP contribution in [0.5, 0.6) is 0 Å². The van der Waals surface area contributed by atoms with E-state index in [1.165, 1.54) is 10.8 Å². The largest absolute Gasteiger partial charge is 0.456 e. The molecule has 4 heteroatoms. The average Bonchev–Trinajstić information content (AvgIpc) is 3.95. The van der Waals surface area contributed by atoms with Crippen LogP contribution in [0.25, 0.3) is 98.8 Å². The summed E-state index contributed by atoms with van der Waals surface area (Å²) in [4.78, 5) is 2.32. The van der Waals surface area contributed by atoms with Crippen molar-refractivity contribution in [1.29, 1.82) is 0 Å². The molecule has 0 fully saturated rings. The van der Waals surface area contributed by atoms with Gasteiger partial charge in [0.05, 0.1) is 0 Å². The Morgan fingerprint density at radius 2 is 0.696 bits per heavy atom. The summed E-state index contributed by atoms with van der Waals surface area (Å²) in [5.74, 6) is 0. The number of anilines is 3. The molecule has 0 aliphatic rings. The van der Waals surface area contributed by atoms with Crippen LogP contribution in [0.1, 0.15) is 0 Å². The van der Waals surface area contributed by atoms with E-state index in [2.05, 4.69) is 169 Å². The van der Waals surface area contributed by atoms with Gasteiger partial charge in [-0.3, -0.25) is 0 Å². The number of furan rings is 3. The summed E-state index contributed by atoms with van der Waals surface area (Å²) in [5.41, 5.74) is 13.1. The number of benzene rings is 9. The zero-order valence-corrected chi connectivity index (χ0v) is 30.1. The van der Waals surface area contributed by atoms with E-state index < -0.39 is 0 Å². The van der Waals surface area contributed by atoms with Crippen LogP contribution in [0, 0.1) is 0 Å². The normalized spacial score (nSPS) is 11.9. The lowest BCUT2D eigenvalue weighted by molar-refractivity contribution is 0.668. The summed E-state index contributed by atoms with van der Waals surface area (Å²) >= 11 is 0. The Kier molecular flexibility index (Phi) is 6.60. The van der Waals surface area contributed by atoms with Crippen molar-refractivity contribution in [1.82, 2.24) is 0 Å². The van der Waals surface area contributed by atoms with Crippen molar-refractivity contribution in [3.8, 4) is 22.3 Å². The standard InChI is InChI=1S/C52H31NO3/c1-2-8-40-34(7-1)17-27-51-52(40)45-30-36(19-26-50(45)56-51)33-15-22-38(23-16-33)53(39-24-28-49-44(31-39)42-10-4-6-12-47(42)55-49)37-20-13-32(14-21-37)35-18-25-48-43(29-35)41-9-3-5-11-46(41)54-48/h1-31H. The second-order valence-electron chi connectivity index (χ2n) is 14.5. The molecule has 0 aliphatic heterocycles. The van der Waals surface area contributed by atoms with Crippen molar-refractivity contribution >= 4 is 93.7 Å². The molecule has 0 saturated heterocycles. The average molecular weight is 718 g/mol. The van der Waals surface area contributed by atoms with E-state index >= 15 is 0 Å². The van der Waals surface area contributed by atoms with Crippen LogP contribution in [-0.4, -0.2) is 0 Å². The van der Waals surface area contributed by atoms with Gasteiger partial charge in [-0.2, -0.15) is 0 Å². The van der Waals surface area contributed by atoms with E-state index in [4.69, 9.17) is 13.3 Å². The molecule has 0 aliphatic carbocycles. The van der Waals surface area contributed by atoms with E-state index in [1.54, 1.807) is 0 Å². The number of hydrogen-bond acceptors (Lipinski definition) is 4. The molecule has 3 aromatic heterocycles. The zero-order chi connectivity index (χ0) is 36.7. The van der Waals surface area contributed by atoms with Gasteiger partial charge in [0, 0.05) is 49.4 Å². The summed E-state index contributed by atoms with van der Waals surface area (Å²) in [6.07, 6.45) is 0. The van der Waals surface area contributed by atoms with Gasteiger partial charge in [-0.1, -0.05) is 103 Å². The highest BCUT2D eigenvalue weighted by Crippen LogP contribution is 2.42. The molecule has 0 atom stereocenters. The second kappa shape index (κ2) is 12.0. The predicted octanol–water partition coefficient (Wildman–Crippen LogP) is 15.3. The molecule has 0 radical (unpaired) electrons. The molecule has 56 heavy (non-hydrogen) atoms. The third-order valence-electron chi connectivity index (χ3n) is 11.3. The summed E-state index contributed by atoms with van der Waals surface area (Å²) < 4.78 is 18.6. The number of rotatable bonds is 5. The highest BCUT2D eigenvalue weighted by atomic mass is 16.3. The van der Waals surface area contributed by atoms with Crippen LogP contribution in [-0.2, 0) is 0 Å². The van der Waals surface area contributed by atoms with E-state index in [-0.39, 0.29) is 0 Å². The molecule has 4 nitrogen and oxygen atoms in total. The molecule has 0 amide bonds. The molecule has 3 heterocycles. The first-order valence-electron chi connectivity index (χ1n) is 18.9. The number of para-hydroxylation sites is 2. The fourth-order valence-corrected chi connectivity index (χ4v) is 8.54. The lowest BCUT2D eigenvalue weighted by atomic mass is 9.99. The fraction of sp³-hybridized carbons (Fsp3) is 0. The van der Waals surface area contributed by atoms with Gasteiger partial charge in [0.25, 0.3) is 0 Å². The maximum atomic E-state index is 6.30. The number of nitrogens with zero attached hydrogens (tertiary/aromatic N) is 1. The van der Waals surface area contributed by atoms with Gasteiger partial charge < -0.3 is 18.2 Å². The van der Waals surface area contributed by atoms with Crippen molar-refractivity contribution in [3.05, 3.63) is 188 Å². The first-order chi connectivity index (χ1) is 27.7. The van der Waals surface area contributed by atoms with E-state index in [9.17, 15) is 0 Å². The van der Waals surface area contributed by atoms with Gasteiger partial charge in [-0.05, 0) is 118 Å². The smallest absolute Gasteiger partial charge is 0.136 e. The molecule has 12 rings (SSSR count). The molecular formula is C52H31NO3. The SMILES string of the molecule is c1ccc2c(c1)ccc1oc3ccc(-c4ccc(N(c5ccc(-c6ccc7oc8ccccc8c7c6)cc5)c5ccc6oc7ccccc7c6c5)cc4)cc3c12. The third-order valence-corrected chi connectivity index (χ3v) is 11.3. The van der Waals surface area contributed by atoms with Crippen LogP contribution in [0.15, 0.2) is 201 Å². The number of fused-ring (bicyclic) bond motifs is 11. The molecule has 0 spiro atoms. The predicted molar refractivity (Wildman–Crippen MR) is 231 cm³/mol. The van der Waals surface area contributed by atoms with Gasteiger partial charge in [0.1, 0.15) is 33.5 Å². The van der Waals surface area contributed by atoms with Gasteiger partial charge >= 0.3 is 0 Å². The molecule has 9 aromatic carbocycles. The van der Waals surface area contributed by atoms with Gasteiger partial charge in [0.15, 0.2) is 0 Å². The summed E-state index contributed by atoms with van der Waals surface area (Å²) in [6.45, 7) is 0. The number of hydrogen-bond donors (Lipinski definition) is 0. The van der Waals surface area contributed by atoms with Crippen molar-refractivity contribution in [3.63, 3.8) is 0 Å². The topological polar surface area (TPSA) is 42.7 Å². The van der Waals surface area contributed by atoms with Crippen molar-refractivity contribution in [2.75, 3.05) is 4.90 Å². The molecule has 0 unspecified atom stereocenters. The lowest BCUT2D eigenvalue weighted by Crippen LogP contribution is -2.09. The maximum absolute atomic E-state index is 6.30. The van der Waals surface area contributed by atoms with Gasteiger partial charge in [-0.25, -0.2) is 0 Å². The highest BCUT2D eigenvalue weighted by Gasteiger charge is 2.17. The Balaban J connectivity index is 0.961. The quantitative estimate of drug-likeness (QED) is 0.178. The molecule has 0 saturated carbocycles. The van der Waals surface area contributed by atoms with Crippen molar-refractivity contribution in [2.24, 2.45) is 0 Å². The molecule has 12 aromatic rings.